The summed E-state index contributed by atoms with van der Waals surface area (Å²) in [6, 6.07) is 16.3. The van der Waals surface area contributed by atoms with Crippen molar-refractivity contribution in [3.63, 3.8) is 0 Å². The molecule has 3 rings (SSSR count). The van der Waals surface area contributed by atoms with Crippen LogP contribution in [0.4, 0.5) is 0 Å². The van der Waals surface area contributed by atoms with E-state index in [1.165, 1.54) is 11.1 Å². The second-order valence-electron chi connectivity index (χ2n) is 7.62. The lowest BCUT2D eigenvalue weighted by molar-refractivity contribution is -0.116. The second kappa shape index (κ2) is 10.6. The van der Waals surface area contributed by atoms with Crippen LogP contribution >= 0.6 is 11.6 Å². The van der Waals surface area contributed by atoms with E-state index in [0.29, 0.717) is 17.5 Å². The van der Waals surface area contributed by atoms with Gasteiger partial charge in [-0.25, -0.2) is 0 Å². The molecule has 0 saturated carbocycles. The molecule has 1 N–H and O–H groups in total. The number of halogens is 1. The van der Waals surface area contributed by atoms with Crippen LogP contribution in [0.3, 0.4) is 0 Å². The summed E-state index contributed by atoms with van der Waals surface area (Å²) in [7, 11) is 0. The van der Waals surface area contributed by atoms with Gasteiger partial charge in [-0.3, -0.25) is 9.69 Å². The highest BCUT2D eigenvalue weighted by atomic mass is 35.5. The fourth-order valence-electron chi connectivity index (χ4n) is 3.45. The molecule has 0 bridgehead atoms. The van der Waals surface area contributed by atoms with Crippen molar-refractivity contribution in [2.24, 2.45) is 0 Å². The first-order valence-corrected chi connectivity index (χ1v) is 10.5. The molecule has 0 aliphatic carbocycles. The van der Waals surface area contributed by atoms with Crippen molar-refractivity contribution < 1.29 is 9.53 Å². The topological polar surface area (TPSA) is 41.6 Å². The minimum atomic E-state index is -0.1000. The number of carbonyl (C=O) groups is 1. The Labute approximate surface area is 178 Å². The van der Waals surface area contributed by atoms with Gasteiger partial charge in [0.25, 0.3) is 0 Å². The third kappa shape index (κ3) is 6.43. The van der Waals surface area contributed by atoms with Gasteiger partial charge in [0.15, 0.2) is 0 Å². The summed E-state index contributed by atoms with van der Waals surface area (Å²) in [6.07, 6.45) is 3.37. The molecule has 29 heavy (non-hydrogen) atoms. The summed E-state index contributed by atoms with van der Waals surface area (Å²) >= 11 is 5.90. The fourth-order valence-corrected chi connectivity index (χ4v) is 3.58. The van der Waals surface area contributed by atoms with Crippen molar-refractivity contribution in [2.75, 3.05) is 32.8 Å². The largest absolute Gasteiger partial charge is 0.379 e. The Kier molecular flexibility index (Phi) is 7.87. The summed E-state index contributed by atoms with van der Waals surface area (Å²) in [5, 5.41) is 3.75. The van der Waals surface area contributed by atoms with E-state index in [4.69, 9.17) is 16.3 Å². The molecular formula is C24H29ClN2O2. The highest BCUT2D eigenvalue weighted by molar-refractivity contribution is 6.30. The van der Waals surface area contributed by atoms with Crippen LogP contribution in [-0.2, 0) is 9.53 Å². The van der Waals surface area contributed by atoms with E-state index in [-0.39, 0.29) is 11.9 Å². The van der Waals surface area contributed by atoms with Crippen molar-refractivity contribution >= 4 is 23.6 Å². The Bertz CT molecular complexity index is 810. The molecule has 0 radical (unpaired) electrons. The van der Waals surface area contributed by atoms with Gasteiger partial charge in [-0.15, -0.1) is 0 Å². The van der Waals surface area contributed by atoms with Crippen LogP contribution in [0.5, 0.6) is 0 Å². The first kappa shape index (κ1) is 21.6. The van der Waals surface area contributed by atoms with Crippen molar-refractivity contribution in [1.82, 2.24) is 10.2 Å². The van der Waals surface area contributed by atoms with E-state index in [1.54, 1.807) is 12.2 Å². The van der Waals surface area contributed by atoms with Crippen LogP contribution in [0, 0.1) is 0 Å². The average molecular weight is 413 g/mol. The van der Waals surface area contributed by atoms with Crippen LogP contribution in [0.2, 0.25) is 5.02 Å². The second-order valence-corrected chi connectivity index (χ2v) is 8.05. The van der Waals surface area contributed by atoms with Gasteiger partial charge in [-0.1, -0.05) is 61.8 Å². The van der Waals surface area contributed by atoms with Crippen LogP contribution in [-0.4, -0.2) is 43.7 Å². The number of nitrogens with zero attached hydrogens (tertiary/aromatic N) is 1. The Morgan fingerprint density at radius 3 is 2.31 bits per heavy atom. The van der Waals surface area contributed by atoms with Gasteiger partial charge in [0.2, 0.25) is 5.91 Å². The van der Waals surface area contributed by atoms with Gasteiger partial charge in [-0.2, -0.15) is 0 Å². The predicted molar refractivity (Wildman–Crippen MR) is 119 cm³/mol. The summed E-state index contributed by atoms with van der Waals surface area (Å²) < 4.78 is 5.51. The van der Waals surface area contributed by atoms with Gasteiger partial charge < -0.3 is 10.1 Å². The minimum absolute atomic E-state index is 0.1000. The highest BCUT2D eigenvalue weighted by Crippen LogP contribution is 2.24. The Morgan fingerprint density at radius 1 is 1.07 bits per heavy atom. The fraction of sp³-hybridized carbons (Fsp3) is 0.375. The number of amides is 1. The summed E-state index contributed by atoms with van der Waals surface area (Å²) in [5.74, 6) is 0.403. The van der Waals surface area contributed by atoms with Crippen molar-refractivity contribution in [2.45, 2.75) is 25.8 Å². The smallest absolute Gasteiger partial charge is 0.244 e. The standard InChI is InChI=1S/C24H29ClN2O2/c1-18(2)20-6-8-21(9-7-20)23(27-13-15-29-16-14-27)17-26-24(28)12-5-19-3-10-22(25)11-4-19/h3-12,18,23H,13-17H2,1-2H3,(H,26,28)/b12-5+/t23-/m0/s1. The molecule has 0 spiro atoms. The Hall–Kier alpha value is -2.14. The zero-order valence-electron chi connectivity index (χ0n) is 17.1. The minimum Gasteiger partial charge on any atom is -0.379 e. The number of benzene rings is 2. The van der Waals surface area contributed by atoms with E-state index in [9.17, 15) is 4.79 Å². The zero-order valence-corrected chi connectivity index (χ0v) is 17.9. The molecule has 2 aromatic carbocycles. The molecule has 4 nitrogen and oxygen atoms in total. The maximum Gasteiger partial charge on any atom is 0.244 e. The number of morpholine rings is 1. The van der Waals surface area contributed by atoms with E-state index >= 15 is 0 Å². The highest BCUT2D eigenvalue weighted by Gasteiger charge is 2.23. The van der Waals surface area contributed by atoms with E-state index in [2.05, 4.69) is 48.3 Å². The van der Waals surface area contributed by atoms with Crippen LogP contribution in [0.1, 0.15) is 42.5 Å². The molecular weight excluding hydrogens is 384 g/mol. The molecule has 1 saturated heterocycles. The lowest BCUT2D eigenvalue weighted by Gasteiger charge is -2.35. The molecule has 0 aromatic heterocycles. The first-order chi connectivity index (χ1) is 14.0. The Balaban J connectivity index is 1.66. The number of ether oxygens (including phenoxy) is 1. The van der Waals surface area contributed by atoms with Crippen molar-refractivity contribution in [3.05, 3.63) is 76.3 Å². The molecule has 0 unspecified atom stereocenters. The molecule has 1 aliphatic rings. The molecule has 5 heteroatoms. The average Bonchev–Trinajstić information content (AvgIpc) is 2.74. The van der Waals surface area contributed by atoms with Gasteiger partial charge in [0, 0.05) is 30.7 Å². The monoisotopic (exact) mass is 412 g/mol. The zero-order chi connectivity index (χ0) is 20.6. The van der Waals surface area contributed by atoms with Gasteiger partial charge in [0.05, 0.1) is 19.3 Å². The molecule has 1 fully saturated rings. The van der Waals surface area contributed by atoms with E-state index in [0.717, 1.165) is 31.9 Å². The van der Waals surface area contributed by atoms with E-state index in [1.807, 2.05) is 24.3 Å². The number of carbonyl (C=O) groups excluding carboxylic acids is 1. The molecule has 1 amide bonds. The van der Waals surface area contributed by atoms with Gasteiger partial charge in [-0.05, 0) is 40.8 Å². The maximum atomic E-state index is 12.4. The Morgan fingerprint density at radius 2 is 1.69 bits per heavy atom. The molecule has 2 aromatic rings. The third-order valence-corrected chi connectivity index (χ3v) is 5.49. The number of rotatable bonds is 7. The van der Waals surface area contributed by atoms with Crippen molar-refractivity contribution in [1.29, 1.82) is 0 Å². The number of nitrogens with one attached hydrogen (secondary N) is 1. The molecule has 154 valence electrons. The van der Waals surface area contributed by atoms with Gasteiger partial charge >= 0.3 is 0 Å². The van der Waals surface area contributed by atoms with Crippen LogP contribution in [0.15, 0.2) is 54.6 Å². The van der Waals surface area contributed by atoms with Crippen molar-refractivity contribution in [3.8, 4) is 0 Å². The normalized spacial score (nSPS) is 16.3. The predicted octanol–water partition coefficient (Wildman–Crippen LogP) is 4.67. The SMILES string of the molecule is CC(C)c1ccc([C@H](CNC(=O)/C=C/c2ccc(Cl)cc2)N2CCOCC2)cc1. The lowest BCUT2D eigenvalue weighted by atomic mass is 9.98. The molecule has 1 aliphatic heterocycles. The number of hydrogen-bond acceptors (Lipinski definition) is 3. The number of hydrogen-bond donors (Lipinski definition) is 1. The molecule has 1 heterocycles. The summed E-state index contributed by atoms with van der Waals surface area (Å²) in [4.78, 5) is 14.8. The lowest BCUT2D eigenvalue weighted by Crippen LogP contribution is -2.43. The quantitative estimate of drug-likeness (QED) is 0.672. The molecule has 1 atom stereocenters. The summed E-state index contributed by atoms with van der Waals surface area (Å²) in [5.41, 5.74) is 3.49. The third-order valence-electron chi connectivity index (χ3n) is 5.24. The van der Waals surface area contributed by atoms with Gasteiger partial charge in [0.1, 0.15) is 0 Å². The summed E-state index contributed by atoms with van der Waals surface area (Å²) in [6.45, 7) is 8.14. The van der Waals surface area contributed by atoms with Crippen LogP contribution < -0.4 is 5.32 Å². The van der Waals surface area contributed by atoms with Crippen LogP contribution in [0.25, 0.3) is 6.08 Å². The maximum absolute atomic E-state index is 12.4. The first-order valence-electron chi connectivity index (χ1n) is 10.2. The van der Waals surface area contributed by atoms with E-state index < -0.39 is 0 Å².